The molecule has 0 aromatic rings. The van der Waals surface area contributed by atoms with Gasteiger partial charge in [-0.15, -0.1) is 0 Å². The van der Waals surface area contributed by atoms with Crippen LogP contribution in [-0.4, -0.2) is 59.8 Å². The Balaban J connectivity index is -0.0000000213. The first-order chi connectivity index (χ1) is 12.0. The molecule has 35 heteroatoms. The van der Waals surface area contributed by atoms with Crippen LogP contribution in [0.2, 0.25) is 0 Å². The summed E-state index contributed by atoms with van der Waals surface area (Å²) in [5.41, 5.74) is 0. The molecule has 216 valence electrons. The zero-order valence-electron chi connectivity index (χ0n) is 15.3. The Morgan fingerprint density at radius 2 is 0.171 bits per heavy atom. The van der Waals surface area contributed by atoms with Crippen LogP contribution in [0.25, 0.3) is 0 Å². The third-order valence-electron chi connectivity index (χ3n) is 0. The van der Waals surface area contributed by atoms with Gasteiger partial charge in [-0.3, -0.25) is 0 Å². The summed E-state index contributed by atoms with van der Waals surface area (Å²) >= 11 is 0. The molecule has 0 atom stereocenters. The largest absolute Gasteiger partial charge is 0.894 e. The maximum Gasteiger partial charge on any atom is 0 e. The molecule has 25 nitrogen and oxygen atoms in total. The van der Waals surface area contributed by atoms with Crippen molar-refractivity contribution in [3.63, 3.8) is 0 Å². The van der Waals surface area contributed by atoms with Crippen molar-refractivity contribution in [1.82, 2.24) is 0 Å². The van der Waals surface area contributed by atoms with Crippen LogP contribution >= 0.6 is 0 Å². The number of rotatable bonds is 0. The normalized spacial score (nSPS) is 10.3. The van der Waals surface area contributed by atoms with Gasteiger partial charge in [0.25, 0.3) is 0 Å². The standard InChI is InChI=1S/6O4Si.H2O.4U/c6*1-5(2,3)4;;;;;/h;;;;;;1H2;;;;/q6*-4;;;;;. The summed E-state index contributed by atoms with van der Waals surface area (Å²) in [4.78, 5) is 206. The van der Waals surface area contributed by atoms with Crippen LogP contribution in [0.4, 0.5) is 0 Å². The Labute approximate surface area is 295 Å². The molecule has 0 heterocycles. The van der Waals surface area contributed by atoms with Crippen LogP contribution in [0.5, 0.6) is 0 Å². The van der Waals surface area contributed by atoms with Crippen molar-refractivity contribution >= 4 is 54.3 Å². The fraction of sp³-hybridized carbons (Fsp3) is 0. The molecule has 0 aliphatic rings. The van der Waals surface area contributed by atoms with E-state index in [1.807, 2.05) is 0 Å². The van der Waals surface area contributed by atoms with Gasteiger partial charge in [0.2, 0.25) is 0 Å². The Kier molecular flexibility index (Phi) is 68.0. The van der Waals surface area contributed by atoms with Crippen LogP contribution in [0, 0.1) is 124 Å². The van der Waals surface area contributed by atoms with Crippen molar-refractivity contribution < 1.29 is 245 Å². The van der Waals surface area contributed by atoms with E-state index in [-0.39, 0.29) is 130 Å². The van der Waals surface area contributed by atoms with Crippen molar-refractivity contribution in [2.24, 2.45) is 0 Å². The zero-order valence-corrected chi connectivity index (χ0v) is 38.0. The minimum Gasteiger partial charge on any atom is -0.894 e. The molecule has 0 rings (SSSR count). The van der Waals surface area contributed by atoms with Gasteiger partial charge in [-0.2, -0.15) is 0 Å². The fourth-order valence-electron chi connectivity index (χ4n) is 0. The maximum absolute atomic E-state index is 8.58. The molecule has 0 saturated heterocycles. The molecule has 0 radical (unpaired) electrons. The van der Waals surface area contributed by atoms with E-state index in [4.69, 9.17) is 115 Å². The van der Waals surface area contributed by atoms with Crippen LogP contribution in [0.1, 0.15) is 0 Å². The van der Waals surface area contributed by atoms with E-state index in [9.17, 15) is 0 Å². The molecule has 0 aromatic carbocycles. The average Bonchev–Trinajstić information content (AvgIpc) is 1.94. The van der Waals surface area contributed by atoms with Crippen LogP contribution in [0.3, 0.4) is 0 Å². The van der Waals surface area contributed by atoms with E-state index in [1.165, 1.54) is 0 Å². The topological polar surface area (TPSA) is 585 Å². The van der Waals surface area contributed by atoms with Crippen molar-refractivity contribution in [3.05, 3.63) is 0 Å². The van der Waals surface area contributed by atoms with Gasteiger partial charge < -0.3 is 175 Å². The molecular formula is H2O25Si6U4-24. The van der Waals surface area contributed by atoms with Gasteiger partial charge in [0.05, 0.1) is 0 Å². The molecule has 0 amide bonds. The third-order valence-corrected chi connectivity index (χ3v) is 0. The minimum absolute atomic E-state index is 0. The molecule has 0 bridgehead atoms. The van der Waals surface area contributed by atoms with Gasteiger partial charge in [0, 0.05) is 124 Å². The molecule has 0 fully saturated rings. The fourth-order valence-corrected chi connectivity index (χ4v) is 0. The summed E-state index contributed by atoms with van der Waals surface area (Å²) in [5, 5.41) is 0. The molecule has 2 N–H and O–H groups in total. The Bertz CT molecular complexity index is 226. The summed E-state index contributed by atoms with van der Waals surface area (Å²) in [6.07, 6.45) is 0. The van der Waals surface area contributed by atoms with Crippen molar-refractivity contribution in [1.29, 1.82) is 0 Å². The second kappa shape index (κ2) is 33.0. The van der Waals surface area contributed by atoms with Gasteiger partial charge in [-0.25, -0.2) is 0 Å². The molecule has 0 aromatic heterocycles. The van der Waals surface area contributed by atoms with E-state index in [1.54, 1.807) is 0 Å². The van der Waals surface area contributed by atoms with Crippen LogP contribution in [0.15, 0.2) is 0 Å². The van der Waals surface area contributed by atoms with Gasteiger partial charge in [-0.05, 0) is 0 Å². The predicted octanol–water partition coefficient (Wildman–Crippen LogP) is -31.6. The van der Waals surface area contributed by atoms with Gasteiger partial charge in [0.15, 0.2) is 0 Å². The zero-order chi connectivity index (χ0) is 27.0. The van der Waals surface area contributed by atoms with Crippen LogP contribution in [-0.2, 0) is 0 Å². The molecular weight excluding hydrogens is 1520 g/mol. The van der Waals surface area contributed by atoms with E-state index >= 15 is 0 Å². The van der Waals surface area contributed by atoms with Crippen LogP contribution < -0.4 is 115 Å². The summed E-state index contributed by atoms with van der Waals surface area (Å²) < 4.78 is 0. The summed E-state index contributed by atoms with van der Waals surface area (Å²) in [5.74, 6) is 0. The Hall–Kier alpha value is 4.51. The van der Waals surface area contributed by atoms with E-state index in [0.29, 0.717) is 0 Å². The first-order valence-electron chi connectivity index (χ1n) is 4.90. The van der Waals surface area contributed by atoms with Gasteiger partial charge in [-0.1, -0.05) is 0 Å². The monoisotopic (exact) mass is 1520 g/mol. The maximum atomic E-state index is 8.58. The van der Waals surface area contributed by atoms with E-state index in [0.717, 1.165) is 0 Å². The molecule has 0 aliphatic heterocycles. The SMILES string of the molecule is O.[O-][Si]([O-])([O-])[O-].[O-][Si]([O-])([O-])[O-].[O-][Si]([O-])([O-])[O-].[O-][Si]([O-])([O-])[O-].[O-][Si]([O-])([O-])[O-].[O-][Si]([O-])([O-])[O-].[U].[U].[U].[U]. The Morgan fingerprint density at radius 3 is 0.171 bits per heavy atom. The predicted molar refractivity (Wildman–Crippen MR) is 38.1 cm³/mol. The average molecular weight is 1520 g/mol. The summed E-state index contributed by atoms with van der Waals surface area (Å²) in [6, 6.07) is 0. The second-order valence-corrected chi connectivity index (χ2v) is 9.00. The minimum atomic E-state index is -5.61. The number of hydrogen-bond donors (Lipinski definition) is 0. The van der Waals surface area contributed by atoms with Crippen molar-refractivity contribution in [2.75, 3.05) is 0 Å². The second-order valence-electron chi connectivity index (χ2n) is 3.00. The molecule has 0 saturated carbocycles. The van der Waals surface area contributed by atoms with Gasteiger partial charge in [0.1, 0.15) is 0 Å². The Morgan fingerprint density at radius 1 is 0.171 bits per heavy atom. The van der Waals surface area contributed by atoms with Crippen molar-refractivity contribution in [2.45, 2.75) is 0 Å². The first-order valence-corrected chi connectivity index (χ1v) is 14.7. The van der Waals surface area contributed by atoms with E-state index < -0.39 is 54.3 Å². The molecule has 0 spiro atoms. The summed E-state index contributed by atoms with van der Waals surface area (Å²) in [6.45, 7) is 0. The first kappa shape index (κ1) is 72.1. The third kappa shape index (κ3) is 2520. The van der Waals surface area contributed by atoms with E-state index in [2.05, 4.69) is 0 Å². The summed E-state index contributed by atoms with van der Waals surface area (Å²) in [7, 11) is -33.7. The quantitative estimate of drug-likeness (QED) is 0.203. The molecule has 0 aliphatic carbocycles. The molecule has 35 heavy (non-hydrogen) atoms. The van der Waals surface area contributed by atoms with Gasteiger partial charge >= 0.3 is 0 Å². The number of hydrogen-bond acceptors (Lipinski definition) is 24. The smallest absolute Gasteiger partial charge is 0 e. The van der Waals surface area contributed by atoms with Crippen molar-refractivity contribution in [3.8, 4) is 0 Å². The molecule has 0 unspecified atom stereocenters.